The minimum Gasteiger partial charge on any atom is -0.507 e. The first-order chi connectivity index (χ1) is 14.6. The quantitative estimate of drug-likeness (QED) is 0.790. The summed E-state index contributed by atoms with van der Waals surface area (Å²) in [6.45, 7) is 0. The van der Waals surface area contributed by atoms with Crippen molar-refractivity contribution in [1.82, 2.24) is 15.0 Å². The van der Waals surface area contributed by atoms with Crippen molar-refractivity contribution in [2.45, 2.75) is 44.1 Å². The zero-order valence-electron chi connectivity index (χ0n) is 17.0. The summed E-state index contributed by atoms with van der Waals surface area (Å²) in [7, 11) is 1.52. The van der Waals surface area contributed by atoms with Gasteiger partial charge in [-0.1, -0.05) is 36.5 Å². The maximum absolute atomic E-state index is 10.4. The first-order valence-corrected chi connectivity index (χ1v) is 10.5. The van der Waals surface area contributed by atoms with Crippen molar-refractivity contribution >= 4 is 5.57 Å². The van der Waals surface area contributed by atoms with Crippen LogP contribution in [0.2, 0.25) is 0 Å². The zero-order chi connectivity index (χ0) is 20.7. The number of fused-ring (bicyclic) bond motifs is 2. The van der Waals surface area contributed by atoms with Crippen LogP contribution in [-0.4, -0.2) is 38.4 Å². The largest absolute Gasteiger partial charge is 0.507 e. The molecule has 0 bridgehead atoms. The molecule has 3 atom stereocenters. The van der Waals surface area contributed by atoms with E-state index in [1.54, 1.807) is 12.2 Å². The molecule has 6 heteroatoms. The molecule has 0 fully saturated rings. The van der Waals surface area contributed by atoms with E-state index in [2.05, 4.69) is 45.3 Å². The van der Waals surface area contributed by atoms with Crippen LogP contribution < -0.4 is 4.74 Å². The number of aromatic nitrogens is 3. The van der Waals surface area contributed by atoms with E-state index in [1.807, 2.05) is 0 Å². The Morgan fingerprint density at radius 2 is 2.00 bits per heavy atom. The number of methoxy groups -OCH3 is 1. The molecule has 1 heterocycles. The van der Waals surface area contributed by atoms with Gasteiger partial charge in [-0.05, 0) is 54.9 Å². The Morgan fingerprint density at radius 1 is 1.10 bits per heavy atom. The Labute approximate surface area is 175 Å². The second-order valence-corrected chi connectivity index (χ2v) is 8.17. The summed E-state index contributed by atoms with van der Waals surface area (Å²) >= 11 is 0. The van der Waals surface area contributed by atoms with Gasteiger partial charge < -0.3 is 14.9 Å². The summed E-state index contributed by atoms with van der Waals surface area (Å²) in [5, 5.41) is 20.7. The molecule has 3 unspecified atom stereocenters. The van der Waals surface area contributed by atoms with Crippen LogP contribution in [0.5, 0.6) is 6.01 Å². The molecular formula is C24H25N3O3. The minimum atomic E-state index is -0.848. The van der Waals surface area contributed by atoms with Gasteiger partial charge in [-0.3, -0.25) is 0 Å². The molecule has 30 heavy (non-hydrogen) atoms. The van der Waals surface area contributed by atoms with Gasteiger partial charge in [0.25, 0.3) is 0 Å². The average molecular weight is 403 g/mol. The maximum atomic E-state index is 10.4. The highest BCUT2D eigenvalue weighted by Crippen LogP contribution is 2.42. The Hall–Kier alpha value is -2.99. The molecule has 0 aliphatic heterocycles. The molecule has 0 saturated carbocycles. The Balaban J connectivity index is 1.49. The molecule has 0 saturated heterocycles. The lowest BCUT2D eigenvalue weighted by Crippen LogP contribution is -2.21. The van der Waals surface area contributed by atoms with Crippen LogP contribution in [-0.2, 0) is 0 Å². The third-order valence-electron chi connectivity index (χ3n) is 6.24. The summed E-state index contributed by atoms with van der Waals surface area (Å²) in [5.74, 6) is 1.39. The van der Waals surface area contributed by atoms with Crippen LogP contribution in [0, 0.1) is 5.92 Å². The Kier molecular flexibility index (Phi) is 4.87. The third-order valence-corrected chi connectivity index (χ3v) is 6.24. The first kappa shape index (κ1) is 19.0. The van der Waals surface area contributed by atoms with Gasteiger partial charge in [-0.2, -0.15) is 9.97 Å². The molecule has 4 aliphatic rings. The Morgan fingerprint density at radius 3 is 2.83 bits per heavy atom. The van der Waals surface area contributed by atoms with E-state index < -0.39 is 6.10 Å². The molecule has 0 radical (unpaired) electrons. The van der Waals surface area contributed by atoms with Crippen molar-refractivity contribution in [2.24, 2.45) is 5.92 Å². The predicted octanol–water partition coefficient (Wildman–Crippen LogP) is 4.11. The van der Waals surface area contributed by atoms with Crippen molar-refractivity contribution in [3.05, 3.63) is 76.7 Å². The van der Waals surface area contributed by atoms with Crippen molar-refractivity contribution in [2.75, 3.05) is 7.11 Å². The fraction of sp³-hybridized carbons (Fsp3) is 0.375. The normalized spacial score (nSPS) is 27.7. The van der Waals surface area contributed by atoms with E-state index in [4.69, 9.17) is 4.74 Å². The van der Waals surface area contributed by atoms with E-state index in [0.29, 0.717) is 23.7 Å². The fourth-order valence-corrected chi connectivity index (χ4v) is 4.67. The van der Waals surface area contributed by atoms with Gasteiger partial charge in [0.05, 0.1) is 18.8 Å². The SMILES string of the molecule is COc1nc(C2=C(O)C=CCC2O)nc(C2CC=C3C=C4C=CCCC4=CC3C2)n1. The van der Waals surface area contributed by atoms with Crippen LogP contribution in [0.15, 0.2) is 65.0 Å². The van der Waals surface area contributed by atoms with Gasteiger partial charge in [-0.15, -0.1) is 0 Å². The van der Waals surface area contributed by atoms with Crippen LogP contribution in [0.1, 0.15) is 49.7 Å². The number of nitrogens with zero attached hydrogens (tertiary/aromatic N) is 3. The van der Waals surface area contributed by atoms with Gasteiger partial charge in [0, 0.05) is 11.8 Å². The highest BCUT2D eigenvalue weighted by atomic mass is 16.5. The van der Waals surface area contributed by atoms with Crippen molar-refractivity contribution in [3.63, 3.8) is 0 Å². The summed E-state index contributed by atoms with van der Waals surface area (Å²) < 4.78 is 5.31. The molecule has 6 nitrogen and oxygen atoms in total. The molecule has 5 rings (SSSR count). The van der Waals surface area contributed by atoms with Gasteiger partial charge in [0.15, 0.2) is 5.82 Å². The van der Waals surface area contributed by atoms with Crippen molar-refractivity contribution in [3.8, 4) is 6.01 Å². The predicted molar refractivity (Wildman–Crippen MR) is 114 cm³/mol. The minimum absolute atomic E-state index is 0.0150. The summed E-state index contributed by atoms with van der Waals surface area (Å²) in [6, 6.07) is 0.202. The highest BCUT2D eigenvalue weighted by molar-refractivity contribution is 5.69. The Bertz CT molecular complexity index is 1060. The molecular weight excluding hydrogens is 378 g/mol. The van der Waals surface area contributed by atoms with E-state index in [9.17, 15) is 10.2 Å². The van der Waals surface area contributed by atoms with E-state index in [1.165, 1.54) is 23.8 Å². The summed E-state index contributed by atoms with van der Waals surface area (Å²) in [4.78, 5) is 13.5. The topological polar surface area (TPSA) is 88.4 Å². The molecule has 4 aliphatic carbocycles. The number of hydrogen-bond acceptors (Lipinski definition) is 6. The summed E-state index contributed by atoms with van der Waals surface area (Å²) in [5.41, 5.74) is 4.47. The van der Waals surface area contributed by atoms with Crippen LogP contribution >= 0.6 is 0 Å². The van der Waals surface area contributed by atoms with Gasteiger partial charge in [0.2, 0.25) is 0 Å². The number of rotatable bonds is 3. The zero-order valence-corrected chi connectivity index (χ0v) is 17.0. The van der Waals surface area contributed by atoms with E-state index in [-0.39, 0.29) is 23.5 Å². The summed E-state index contributed by atoms with van der Waals surface area (Å²) in [6.07, 6.45) is 18.3. The van der Waals surface area contributed by atoms with Crippen LogP contribution in [0.3, 0.4) is 0 Å². The lowest BCUT2D eigenvalue weighted by Gasteiger charge is -2.31. The molecule has 0 spiro atoms. The number of aliphatic hydroxyl groups is 2. The standard InChI is InChI=1S/C24H25N3O3/c1-30-24-26-22(25-23(27-24)21-19(28)7-4-8-20(21)29)17-10-9-16-11-14-5-2-3-6-15(14)12-18(16)13-17/h2,4-5,7,9,11-12,17-18,20,28-29H,3,6,8,10,13H2,1H3. The van der Waals surface area contributed by atoms with E-state index in [0.717, 1.165) is 25.7 Å². The van der Waals surface area contributed by atoms with Crippen molar-refractivity contribution in [1.29, 1.82) is 0 Å². The molecule has 2 N–H and O–H groups in total. The lowest BCUT2D eigenvalue weighted by atomic mass is 9.74. The van der Waals surface area contributed by atoms with E-state index >= 15 is 0 Å². The fourth-order valence-electron chi connectivity index (χ4n) is 4.67. The molecule has 1 aromatic heterocycles. The monoisotopic (exact) mass is 403 g/mol. The second-order valence-electron chi connectivity index (χ2n) is 8.17. The molecule has 1 aromatic rings. The van der Waals surface area contributed by atoms with Crippen molar-refractivity contribution < 1.29 is 14.9 Å². The smallest absolute Gasteiger partial charge is 0.319 e. The highest BCUT2D eigenvalue weighted by Gasteiger charge is 2.30. The third kappa shape index (κ3) is 3.41. The van der Waals surface area contributed by atoms with Crippen LogP contribution in [0.4, 0.5) is 0 Å². The van der Waals surface area contributed by atoms with Gasteiger partial charge in [-0.25, -0.2) is 4.98 Å². The average Bonchev–Trinajstić information content (AvgIpc) is 2.77. The molecule has 0 aromatic carbocycles. The number of ether oxygens (including phenoxy) is 1. The van der Waals surface area contributed by atoms with Crippen LogP contribution in [0.25, 0.3) is 5.57 Å². The first-order valence-electron chi connectivity index (χ1n) is 10.5. The van der Waals surface area contributed by atoms with Gasteiger partial charge >= 0.3 is 6.01 Å². The van der Waals surface area contributed by atoms with Gasteiger partial charge in [0.1, 0.15) is 11.6 Å². The molecule has 0 amide bonds. The second kappa shape index (κ2) is 7.69. The molecule has 154 valence electrons. The number of hydrogen-bond donors (Lipinski definition) is 2. The number of aliphatic hydroxyl groups excluding tert-OH is 2. The number of allylic oxidation sites excluding steroid dienone is 9. The lowest BCUT2D eigenvalue weighted by molar-refractivity contribution is 0.228. The maximum Gasteiger partial charge on any atom is 0.319 e.